The van der Waals surface area contributed by atoms with Gasteiger partial charge in [0.25, 0.3) is 5.91 Å². The molecule has 0 bridgehead atoms. The minimum absolute atomic E-state index is 0.00552. The van der Waals surface area contributed by atoms with Gasteiger partial charge in [-0.25, -0.2) is 0 Å². The first kappa shape index (κ1) is 21.8. The molecule has 1 amide bonds. The Morgan fingerprint density at radius 2 is 1.83 bits per heavy atom. The highest BCUT2D eigenvalue weighted by atomic mass is 16.7. The highest BCUT2D eigenvalue weighted by Gasteiger charge is 2.45. The maximum atomic E-state index is 13.8. The molecule has 2 aliphatic rings. The Balaban J connectivity index is 1.50. The maximum Gasteiger partial charge on any atom is 0.294 e. The summed E-state index contributed by atoms with van der Waals surface area (Å²) < 4.78 is 22.1. The molecule has 4 aromatic rings. The molecule has 1 unspecified atom stereocenters. The standard InChI is InChI=1S/C28H21NO7/c1-15-5-3-6-16(11-15)24-23(25(30)22-12-17-7-4-8-20(33-2)27(17)36-22)26(31)28(32)29(24)18-9-10-19-21(13-18)35-14-34-19/h3-13,24,31H,14H2,1-2H3. The number of ketones is 1. The number of Topliss-reactive ketones (excluding diaryl/α,β-unsaturated/α-hetero) is 1. The first-order valence-corrected chi connectivity index (χ1v) is 11.3. The fourth-order valence-electron chi connectivity index (χ4n) is 4.74. The molecular formula is C28H21NO7. The second-order valence-electron chi connectivity index (χ2n) is 8.61. The zero-order chi connectivity index (χ0) is 25.0. The van der Waals surface area contributed by atoms with Gasteiger partial charge >= 0.3 is 0 Å². The van der Waals surface area contributed by atoms with Crippen LogP contribution in [0.2, 0.25) is 0 Å². The van der Waals surface area contributed by atoms with E-state index in [-0.39, 0.29) is 18.1 Å². The molecule has 6 rings (SSSR count). The minimum atomic E-state index is -0.889. The lowest BCUT2D eigenvalue weighted by Gasteiger charge is -2.27. The average molecular weight is 483 g/mol. The van der Waals surface area contributed by atoms with Crippen LogP contribution in [0.5, 0.6) is 17.2 Å². The number of amides is 1. The van der Waals surface area contributed by atoms with Crippen molar-refractivity contribution in [2.24, 2.45) is 0 Å². The summed E-state index contributed by atoms with van der Waals surface area (Å²) >= 11 is 0. The van der Waals surface area contributed by atoms with Crippen LogP contribution in [-0.4, -0.2) is 30.7 Å². The highest BCUT2D eigenvalue weighted by Crippen LogP contribution is 2.45. The normalized spacial score (nSPS) is 16.8. The van der Waals surface area contributed by atoms with E-state index >= 15 is 0 Å². The SMILES string of the molecule is COc1cccc2cc(C(=O)C3=C(O)C(=O)N(c4ccc5c(c4)OCO5)C3c3cccc(C)c3)oc12. The Labute approximate surface area is 205 Å². The van der Waals surface area contributed by atoms with Crippen LogP contribution in [0.25, 0.3) is 11.0 Å². The van der Waals surface area contributed by atoms with Crippen molar-refractivity contribution in [3.63, 3.8) is 0 Å². The quantitative estimate of drug-likeness (QED) is 0.387. The topological polar surface area (TPSA) is 98.4 Å². The van der Waals surface area contributed by atoms with Gasteiger partial charge in [-0.15, -0.1) is 0 Å². The first-order valence-electron chi connectivity index (χ1n) is 11.3. The third-order valence-corrected chi connectivity index (χ3v) is 6.40. The van der Waals surface area contributed by atoms with Gasteiger partial charge in [0.1, 0.15) is 0 Å². The van der Waals surface area contributed by atoms with Gasteiger partial charge in [0.2, 0.25) is 12.6 Å². The van der Waals surface area contributed by atoms with Crippen LogP contribution in [0.4, 0.5) is 5.69 Å². The van der Waals surface area contributed by atoms with E-state index in [1.807, 2.05) is 31.2 Å². The molecule has 0 saturated carbocycles. The van der Waals surface area contributed by atoms with Crippen molar-refractivity contribution in [1.29, 1.82) is 0 Å². The van der Waals surface area contributed by atoms with E-state index < -0.39 is 23.5 Å². The van der Waals surface area contributed by atoms with E-state index in [0.29, 0.717) is 39.5 Å². The minimum Gasteiger partial charge on any atom is -0.503 e. The van der Waals surface area contributed by atoms with Gasteiger partial charge in [-0.2, -0.15) is 0 Å². The summed E-state index contributed by atoms with van der Waals surface area (Å²) in [4.78, 5) is 28.7. The molecule has 2 aliphatic heterocycles. The summed E-state index contributed by atoms with van der Waals surface area (Å²) in [6.07, 6.45) is 0. The smallest absolute Gasteiger partial charge is 0.294 e. The van der Waals surface area contributed by atoms with Crippen LogP contribution in [-0.2, 0) is 4.79 Å². The molecule has 3 aromatic carbocycles. The van der Waals surface area contributed by atoms with Crippen LogP contribution in [0.15, 0.2) is 82.5 Å². The van der Waals surface area contributed by atoms with Crippen LogP contribution in [0, 0.1) is 6.92 Å². The summed E-state index contributed by atoms with van der Waals surface area (Å²) in [6.45, 7) is 2.00. The number of nitrogens with zero attached hydrogens (tertiary/aromatic N) is 1. The van der Waals surface area contributed by atoms with Gasteiger partial charge in [-0.05, 0) is 36.8 Å². The molecule has 1 aromatic heterocycles. The van der Waals surface area contributed by atoms with Crippen LogP contribution < -0.4 is 19.1 Å². The van der Waals surface area contributed by atoms with Gasteiger partial charge < -0.3 is 23.7 Å². The number of rotatable bonds is 5. The zero-order valence-electron chi connectivity index (χ0n) is 19.5. The Morgan fingerprint density at radius 3 is 2.64 bits per heavy atom. The molecular weight excluding hydrogens is 462 g/mol. The number of anilines is 1. The van der Waals surface area contributed by atoms with Crippen LogP contribution in [0.3, 0.4) is 0 Å². The number of benzene rings is 3. The number of aliphatic hydroxyl groups excluding tert-OH is 1. The monoisotopic (exact) mass is 483 g/mol. The largest absolute Gasteiger partial charge is 0.503 e. The van der Waals surface area contributed by atoms with Crippen molar-refractivity contribution < 1.29 is 33.3 Å². The molecule has 1 atom stereocenters. The zero-order valence-corrected chi connectivity index (χ0v) is 19.5. The predicted molar refractivity (Wildman–Crippen MR) is 131 cm³/mol. The van der Waals surface area contributed by atoms with E-state index in [1.165, 1.54) is 12.0 Å². The molecule has 0 saturated heterocycles. The van der Waals surface area contributed by atoms with Crippen molar-refractivity contribution in [2.75, 3.05) is 18.8 Å². The average Bonchev–Trinajstić information content (AvgIpc) is 3.59. The molecule has 180 valence electrons. The van der Waals surface area contributed by atoms with Gasteiger partial charge in [0.15, 0.2) is 34.4 Å². The van der Waals surface area contributed by atoms with Gasteiger partial charge in [-0.3, -0.25) is 14.5 Å². The van der Waals surface area contributed by atoms with Crippen molar-refractivity contribution in [2.45, 2.75) is 13.0 Å². The fraction of sp³-hybridized carbons (Fsp3) is 0.143. The van der Waals surface area contributed by atoms with E-state index in [1.54, 1.807) is 42.5 Å². The van der Waals surface area contributed by atoms with Gasteiger partial charge in [-0.1, -0.05) is 42.0 Å². The third kappa shape index (κ3) is 3.30. The number of aryl methyl sites for hydroxylation is 1. The number of methoxy groups -OCH3 is 1. The Kier molecular flexibility index (Phi) is 4.96. The first-order chi connectivity index (χ1) is 17.5. The fourth-order valence-corrected chi connectivity index (χ4v) is 4.74. The highest BCUT2D eigenvalue weighted by molar-refractivity contribution is 6.20. The van der Waals surface area contributed by atoms with Crippen LogP contribution >= 0.6 is 0 Å². The number of hydrogen-bond donors (Lipinski definition) is 1. The lowest BCUT2D eigenvalue weighted by atomic mass is 9.94. The maximum absolute atomic E-state index is 13.8. The summed E-state index contributed by atoms with van der Waals surface area (Å²) in [5, 5.41) is 11.7. The summed E-state index contributed by atoms with van der Waals surface area (Å²) in [5.74, 6) is -0.407. The van der Waals surface area contributed by atoms with E-state index in [2.05, 4.69) is 0 Å². The van der Waals surface area contributed by atoms with Gasteiger partial charge in [0.05, 0.1) is 18.7 Å². The Hall–Kier alpha value is -4.72. The number of carbonyl (C=O) groups is 2. The third-order valence-electron chi connectivity index (χ3n) is 6.40. The number of hydrogen-bond acceptors (Lipinski definition) is 7. The summed E-state index contributed by atoms with van der Waals surface area (Å²) in [6, 6.07) is 18.5. The predicted octanol–water partition coefficient (Wildman–Crippen LogP) is 5.26. The lowest BCUT2D eigenvalue weighted by molar-refractivity contribution is -0.117. The Morgan fingerprint density at radius 1 is 1.03 bits per heavy atom. The van der Waals surface area contributed by atoms with Gasteiger partial charge in [0, 0.05) is 17.1 Å². The number of carbonyl (C=O) groups excluding carboxylic acids is 2. The van der Waals surface area contributed by atoms with Crippen molar-refractivity contribution in [3.05, 3.63) is 94.9 Å². The van der Waals surface area contributed by atoms with Crippen molar-refractivity contribution in [1.82, 2.24) is 0 Å². The molecule has 0 aliphatic carbocycles. The lowest BCUT2D eigenvalue weighted by Crippen LogP contribution is -2.31. The molecule has 0 radical (unpaired) electrons. The van der Waals surface area contributed by atoms with E-state index in [4.69, 9.17) is 18.6 Å². The molecule has 8 heteroatoms. The summed E-state index contributed by atoms with van der Waals surface area (Å²) in [5.41, 5.74) is 2.41. The van der Waals surface area contributed by atoms with Crippen molar-refractivity contribution in [3.8, 4) is 17.2 Å². The Bertz CT molecular complexity index is 1580. The summed E-state index contributed by atoms with van der Waals surface area (Å²) in [7, 11) is 1.51. The molecule has 0 spiro atoms. The molecule has 8 nitrogen and oxygen atoms in total. The molecule has 3 heterocycles. The molecule has 36 heavy (non-hydrogen) atoms. The second kappa shape index (κ2) is 8.20. The van der Waals surface area contributed by atoms with Crippen LogP contribution in [0.1, 0.15) is 27.7 Å². The number of aliphatic hydroxyl groups is 1. The molecule has 1 N–H and O–H groups in total. The second-order valence-corrected chi connectivity index (χ2v) is 8.61. The number of para-hydroxylation sites is 1. The van der Waals surface area contributed by atoms with E-state index in [9.17, 15) is 14.7 Å². The molecule has 0 fully saturated rings. The van der Waals surface area contributed by atoms with Crippen molar-refractivity contribution >= 4 is 28.3 Å². The number of ether oxygens (including phenoxy) is 3. The van der Waals surface area contributed by atoms with E-state index in [0.717, 1.165) is 5.56 Å². The number of fused-ring (bicyclic) bond motifs is 2. The number of furan rings is 1.